The first-order valence-electron chi connectivity index (χ1n) is 8.58. The molecule has 0 fully saturated rings. The van der Waals surface area contributed by atoms with E-state index < -0.39 is 0 Å². The Morgan fingerprint density at radius 2 is 1.67 bits per heavy atom. The number of anilines is 1. The first-order valence-corrected chi connectivity index (χ1v) is 8.58. The third kappa shape index (κ3) is 4.78. The van der Waals surface area contributed by atoms with Gasteiger partial charge in [0.1, 0.15) is 0 Å². The number of aromatic nitrogens is 2. The number of nitrogens with zero attached hydrogens (tertiary/aromatic N) is 3. The topological polar surface area (TPSA) is 58.1 Å². The lowest BCUT2D eigenvalue weighted by Crippen LogP contribution is -2.29. The van der Waals surface area contributed by atoms with E-state index in [4.69, 9.17) is 0 Å². The number of rotatable bonds is 8. The van der Waals surface area contributed by atoms with E-state index in [1.54, 1.807) is 12.4 Å². The number of amides is 1. The molecule has 0 aliphatic heterocycles. The van der Waals surface area contributed by atoms with Gasteiger partial charge in [0.2, 0.25) is 5.95 Å². The fraction of sp³-hybridized carbons (Fsp3) is 0.421. The zero-order valence-corrected chi connectivity index (χ0v) is 14.7. The zero-order chi connectivity index (χ0) is 17.4. The lowest BCUT2D eigenvalue weighted by Gasteiger charge is -2.21. The largest absolute Gasteiger partial charge is 0.345 e. The number of benzene rings is 1. The van der Waals surface area contributed by atoms with Crippen LogP contribution in [0.3, 0.4) is 0 Å². The summed E-state index contributed by atoms with van der Waals surface area (Å²) in [6.07, 6.45) is 5.29. The second-order valence-corrected chi connectivity index (χ2v) is 5.86. The van der Waals surface area contributed by atoms with Crippen molar-refractivity contribution in [1.82, 2.24) is 15.3 Å². The fourth-order valence-corrected chi connectivity index (χ4v) is 2.56. The summed E-state index contributed by atoms with van der Waals surface area (Å²) in [5.41, 5.74) is 1.55. The van der Waals surface area contributed by atoms with Crippen LogP contribution in [0.25, 0.3) is 0 Å². The molecule has 0 radical (unpaired) electrons. The van der Waals surface area contributed by atoms with E-state index in [9.17, 15) is 4.79 Å². The van der Waals surface area contributed by atoms with Crippen molar-refractivity contribution in [1.29, 1.82) is 0 Å². The Hall–Kier alpha value is -2.43. The van der Waals surface area contributed by atoms with Crippen molar-refractivity contribution >= 4 is 11.9 Å². The van der Waals surface area contributed by atoms with Crippen LogP contribution >= 0.6 is 0 Å². The van der Waals surface area contributed by atoms with Gasteiger partial charge in [0.15, 0.2) is 0 Å². The minimum absolute atomic E-state index is 0.0601. The molecule has 0 aliphatic rings. The average molecular weight is 326 g/mol. The van der Waals surface area contributed by atoms with E-state index >= 15 is 0 Å². The van der Waals surface area contributed by atoms with Crippen LogP contribution in [-0.4, -0.2) is 29.0 Å². The van der Waals surface area contributed by atoms with Gasteiger partial charge >= 0.3 is 0 Å². The molecule has 5 heteroatoms. The van der Waals surface area contributed by atoms with Crippen molar-refractivity contribution in [3.63, 3.8) is 0 Å². The van der Waals surface area contributed by atoms with Crippen molar-refractivity contribution in [2.75, 3.05) is 18.0 Å². The fourth-order valence-electron chi connectivity index (χ4n) is 2.56. The normalized spacial score (nSPS) is 11.8. The van der Waals surface area contributed by atoms with Crippen LogP contribution in [-0.2, 0) is 0 Å². The van der Waals surface area contributed by atoms with Crippen molar-refractivity contribution in [2.45, 2.75) is 39.7 Å². The number of carbonyl (C=O) groups is 1. The Kier molecular flexibility index (Phi) is 6.73. The van der Waals surface area contributed by atoms with Crippen LogP contribution in [0.15, 0.2) is 42.7 Å². The Bertz CT molecular complexity index is 622. The van der Waals surface area contributed by atoms with E-state index in [0.29, 0.717) is 11.5 Å². The van der Waals surface area contributed by atoms with Gasteiger partial charge in [-0.2, -0.15) is 0 Å². The molecule has 0 bridgehead atoms. The molecule has 1 atom stereocenters. The van der Waals surface area contributed by atoms with Gasteiger partial charge in [-0.05, 0) is 25.3 Å². The van der Waals surface area contributed by atoms with Crippen LogP contribution in [0.5, 0.6) is 0 Å². The molecule has 1 N–H and O–H groups in total. The summed E-state index contributed by atoms with van der Waals surface area (Å²) < 4.78 is 0. The molecule has 1 aromatic carbocycles. The monoisotopic (exact) mass is 326 g/mol. The molecule has 1 unspecified atom stereocenters. The lowest BCUT2D eigenvalue weighted by molar-refractivity contribution is 0.0939. The summed E-state index contributed by atoms with van der Waals surface area (Å²) in [4.78, 5) is 23.2. The highest BCUT2D eigenvalue weighted by Crippen LogP contribution is 2.13. The van der Waals surface area contributed by atoms with E-state index in [2.05, 4.69) is 34.0 Å². The molecule has 1 amide bonds. The van der Waals surface area contributed by atoms with Crippen molar-refractivity contribution in [3.8, 4) is 0 Å². The molecule has 0 saturated heterocycles. The molecule has 5 nitrogen and oxygen atoms in total. The van der Waals surface area contributed by atoms with Gasteiger partial charge in [-0.25, -0.2) is 9.97 Å². The summed E-state index contributed by atoms with van der Waals surface area (Å²) >= 11 is 0. The molecular formula is C19H26N4O. The van der Waals surface area contributed by atoms with Crippen LogP contribution in [0.4, 0.5) is 5.95 Å². The van der Waals surface area contributed by atoms with E-state index in [1.165, 1.54) is 0 Å². The van der Waals surface area contributed by atoms with Gasteiger partial charge in [-0.15, -0.1) is 0 Å². The summed E-state index contributed by atoms with van der Waals surface area (Å²) in [5, 5.41) is 2.98. The van der Waals surface area contributed by atoms with Gasteiger partial charge in [-0.1, -0.05) is 44.2 Å². The van der Waals surface area contributed by atoms with Crippen molar-refractivity contribution in [2.24, 2.45) is 0 Å². The molecular weight excluding hydrogens is 300 g/mol. The summed E-state index contributed by atoms with van der Waals surface area (Å²) in [6, 6.07) is 9.83. The SMILES string of the molecule is CCCN(CCC)c1ncc(C(=O)NC(C)c2ccccc2)cn1. The third-order valence-electron chi connectivity index (χ3n) is 3.82. The first-order chi connectivity index (χ1) is 11.7. The predicted octanol–water partition coefficient (Wildman–Crippen LogP) is 3.59. The van der Waals surface area contributed by atoms with Gasteiger partial charge in [-0.3, -0.25) is 4.79 Å². The Morgan fingerprint density at radius 1 is 1.08 bits per heavy atom. The van der Waals surface area contributed by atoms with Gasteiger partial charge < -0.3 is 10.2 Å². The van der Waals surface area contributed by atoms with Gasteiger partial charge in [0.05, 0.1) is 11.6 Å². The summed E-state index contributed by atoms with van der Waals surface area (Å²) in [7, 11) is 0. The maximum Gasteiger partial charge on any atom is 0.254 e. The molecule has 1 heterocycles. The Labute approximate surface area is 144 Å². The average Bonchev–Trinajstić information content (AvgIpc) is 2.62. The summed E-state index contributed by atoms with van der Waals surface area (Å²) in [5.74, 6) is 0.529. The Balaban J connectivity index is 2.02. The van der Waals surface area contributed by atoms with Crippen LogP contribution in [0, 0.1) is 0 Å². The number of hydrogen-bond donors (Lipinski definition) is 1. The third-order valence-corrected chi connectivity index (χ3v) is 3.82. The first kappa shape index (κ1) is 17.9. The molecule has 0 aliphatic carbocycles. The zero-order valence-electron chi connectivity index (χ0n) is 14.7. The highest BCUT2D eigenvalue weighted by atomic mass is 16.1. The molecule has 2 rings (SSSR count). The second-order valence-electron chi connectivity index (χ2n) is 5.86. The smallest absolute Gasteiger partial charge is 0.254 e. The van der Waals surface area contributed by atoms with E-state index in [0.717, 1.165) is 31.5 Å². The van der Waals surface area contributed by atoms with Crippen molar-refractivity contribution < 1.29 is 4.79 Å². The molecule has 0 saturated carbocycles. The quantitative estimate of drug-likeness (QED) is 0.805. The van der Waals surface area contributed by atoms with Crippen LogP contribution in [0.2, 0.25) is 0 Å². The maximum atomic E-state index is 12.4. The second kappa shape index (κ2) is 9.01. The summed E-state index contributed by atoms with van der Waals surface area (Å²) in [6.45, 7) is 8.08. The maximum absolute atomic E-state index is 12.4. The molecule has 128 valence electrons. The van der Waals surface area contributed by atoms with Crippen LogP contribution < -0.4 is 10.2 Å². The minimum atomic E-state index is -0.157. The van der Waals surface area contributed by atoms with Gasteiger partial charge in [0.25, 0.3) is 5.91 Å². The minimum Gasteiger partial charge on any atom is -0.345 e. The number of hydrogen-bond acceptors (Lipinski definition) is 4. The molecule has 2 aromatic rings. The van der Waals surface area contributed by atoms with E-state index in [1.807, 2.05) is 37.3 Å². The predicted molar refractivity (Wildman–Crippen MR) is 97.2 cm³/mol. The number of carbonyl (C=O) groups excluding carboxylic acids is 1. The van der Waals surface area contributed by atoms with Crippen LogP contribution in [0.1, 0.15) is 55.6 Å². The number of nitrogens with one attached hydrogen (secondary N) is 1. The lowest BCUT2D eigenvalue weighted by atomic mass is 10.1. The highest BCUT2D eigenvalue weighted by molar-refractivity contribution is 5.93. The Morgan fingerprint density at radius 3 is 2.21 bits per heavy atom. The van der Waals surface area contributed by atoms with E-state index in [-0.39, 0.29) is 11.9 Å². The van der Waals surface area contributed by atoms with Gasteiger partial charge in [0, 0.05) is 25.5 Å². The molecule has 1 aromatic heterocycles. The standard InChI is InChI=1S/C19H26N4O/c1-4-11-23(12-5-2)19-20-13-17(14-21-19)18(24)22-15(3)16-9-7-6-8-10-16/h6-10,13-15H,4-5,11-12H2,1-3H3,(H,22,24). The van der Waals surface area contributed by atoms with Crippen molar-refractivity contribution in [3.05, 3.63) is 53.9 Å². The molecule has 0 spiro atoms. The molecule has 24 heavy (non-hydrogen) atoms. The highest BCUT2D eigenvalue weighted by Gasteiger charge is 2.13.